The van der Waals surface area contributed by atoms with E-state index in [1.807, 2.05) is 39.0 Å². The molecule has 502 valence electrons. The van der Waals surface area contributed by atoms with Gasteiger partial charge in [0, 0.05) is 83.4 Å². The number of amides is 1. The number of carbonyl (C=O) groups excluding carboxylic acids is 1. The third kappa shape index (κ3) is 17.4. The van der Waals surface area contributed by atoms with Crippen LogP contribution in [0.15, 0.2) is 43.0 Å². The molecule has 6 atom stereocenters. The van der Waals surface area contributed by atoms with Gasteiger partial charge in [0.05, 0.1) is 64.0 Å². The number of nitrogens with zero attached hydrogens (tertiary/aromatic N) is 6. The van der Waals surface area contributed by atoms with E-state index in [9.17, 15) is 24.5 Å². The number of hydrogen-bond acceptors (Lipinski definition) is 25. The molecule has 27 nitrogen and oxygen atoms in total. The fourth-order valence-electron chi connectivity index (χ4n) is 12.6. The summed E-state index contributed by atoms with van der Waals surface area (Å²) in [7, 11) is -8.15. The Morgan fingerprint density at radius 1 is 0.859 bits per heavy atom. The van der Waals surface area contributed by atoms with Crippen LogP contribution in [0.2, 0.25) is 0 Å². The Hall–Kier alpha value is -4.39. The molecule has 92 heavy (non-hydrogen) atoms. The number of hydrogen-bond donors (Lipinski definition) is 9. The van der Waals surface area contributed by atoms with Gasteiger partial charge in [-0.15, -0.1) is 0 Å². The van der Waals surface area contributed by atoms with Crippen LogP contribution in [-0.2, 0) is 78.6 Å². The number of nitrogens with two attached hydrogens (primary N) is 1. The van der Waals surface area contributed by atoms with Crippen molar-refractivity contribution in [2.24, 2.45) is 0 Å². The fraction of sp³-hybridized carbons (Fsp3) is 0.567. The molecule has 6 aliphatic rings. The standard InChI is InChI=1S/C60H82N9O18P3S2/c1-60(2,3)92-91-50(84-46-31-49(69-36-66-52-57(61)64-35-65-58(52)69)83-47(46)34-82-88(73)86-89(74)87-90(75,76)77)33-63-48(70)14-20-78-22-24-80-26-27-81-25-23-79-21-15-62-32-37-12-13-40(43(28-37)59(71)72)51-44-29-38-8-4-16-67-18-6-10-41(53(38)67)55(44)85-56-42-11-7-19-68-17-5-9-39(54(42)68)30-45(51)56/h12-13,28-30,35-36,46-47,49-50,62,73-77,90H,4-11,14-27,31-34H2,1-3H3,(H3-,61,63,64,65,70,71,72)/p+1/t46?,47-,49-,50?,88?,89?/m1/s1. The number of rotatable bonds is 33. The molecular formula is C60H83N9O18P3S2+. The molecule has 8 heterocycles. The van der Waals surface area contributed by atoms with Crippen LogP contribution < -0.4 is 41.2 Å². The summed E-state index contributed by atoms with van der Waals surface area (Å²) in [6.45, 7) is 13.8. The summed E-state index contributed by atoms with van der Waals surface area (Å²) in [6, 6.07) is 10.5. The van der Waals surface area contributed by atoms with Crippen LogP contribution in [0.3, 0.4) is 0 Å². The summed E-state index contributed by atoms with van der Waals surface area (Å²) in [5.41, 5.74) is 16.6. The topological polar surface area (TPSA) is 348 Å². The molecule has 0 bridgehead atoms. The molecule has 0 aliphatic carbocycles. The average molecular weight is 1380 g/mol. The Balaban J connectivity index is 0.590. The van der Waals surface area contributed by atoms with Crippen LogP contribution in [0.4, 0.5) is 11.5 Å². The molecule has 2 aromatic heterocycles. The first-order valence-electron chi connectivity index (χ1n) is 31.2. The zero-order chi connectivity index (χ0) is 64.5. The van der Waals surface area contributed by atoms with E-state index in [0.29, 0.717) is 63.9 Å². The van der Waals surface area contributed by atoms with E-state index in [2.05, 4.69) is 51.5 Å². The zero-order valence-corrected chi connectivity index (χ0v) is 56.2. The van der Waals surface area contributed by atoms with E-state index < -0.39 is 55.2 Å². The van der Waals surface area contributed by atoms with E-state index in [0.717, 1.165) is 117 Å². The summed E-state index contributed by atoms with van der Waals surface area (Å²) in [4.78, 5) is 89.1. The van der Waals surface area contributed by atoms with Crippen molar-refractivity contribution in [1.82, 2.24) is 34.7 Å². The number of fused-ring (bicyclic) bond motifs is 5. The molecule has 5 aromatic rings. The first kappa shape index (κ1) is 69.0. The van der Waals surface area contributed by atoms with Crippen molar-refractivity contribution in [2.75, 3.05) is 109 Å². The Labute approximate surface area is 543 Å². The number of aromatic nitrogens is 4. The Kier molecular flexibility index (Phi) is 23.7. The number of imidazole rings is 1. The second-order valence-electron chi connectivity index (χ2n) is 24.1. The molecule has 6 aliphatic heterocycles. The first-order chi connectivity index (χ1) is 44.4. The second-order valence-corrected chi connectivity index (χ2v) is 31.0. The molecule has 0 spiro atoms. The Bertz CT molecular complexity index is 3560. The summed E-state index contributed by atoms with van der Waals surface area (Å²) in [6.07, 6.45) is 9.06. The van der Waals surface area contributed by atoms with Crippen molar-refractivity contribution in [2.45, 2.75) is 120 Å². The number of aromatic carboxylic acids is 1. The number of ether oxygens (including phenoxy) is 7. The number of nitrogen functional groups attached to an aromatic ring is 1. The predicted octanol–water partition coefficient (Wildman–Crippen LogP) is 4.96. The van der Waals surface area contributed by atoms with Gasteiger partial charge in [0.1, 0.15) is 30.9 Å². The number of carbonyl (C=O) groups is 2. The summed E-state index contributed by atoms with van der Waals surface area (Å²) >= 11 is 0. The molecule has 4 unspecified atom stereocenters. The van der Waals surface area contributed by atoms with Gasteiger partial charge in [-0.3, -0.25) is 4.79 Å². The van der Waals surface area contributed by atoms with E-state index >= 15 is 0 Å². The Morgan fingerprint density at radius 3 is 2.33 bits per heavy atom. The van der Waals surface area contributed by atoms with Crippen molar-refractivity contribution in [3.8, 4) is 11.5 Å². The van der Waals surface area contributed by atoms with Gasteiger partial charge in [0.25, 0.3) is 0 Å². The van der Waals surface area contributed by atoms with Crippen molar-refractivity contribution < 1.29 is 85.5 Å². The molecule has 3 aromatic carbocycles. The number of carboxylic acids is 1. The number of nitrogens with one attached hydrogen (secondary N) is 2. The van der Waals surface area contributed by atoms with Gasteiger partial charge in [-0.05, 0) is 73.4 Å². The normalized spacial score (nSPS) is 19.7. The summed E-state index contributed by atoms with van der Waals surface area (Å²) in [5.74, 6) is 0.767. The third-order valence-corrected chi connectivity index (χ3v) is 23.0. The second kappa shape index (κ2) is 31.7. The van der Waals surface area contributed by atoms with Crippen molar-refractivity contribution in [3.05, 3.63) is 98.1 Å². The molecule has 11 rings (SSSR count). The van der Waals surface area contributed by atoms with Crippen molar-refractivity contribution >= 4 is 87.1 Å². The number of benzene rings is 3. The molecule has 1 saturated heterocycles. The van der Waals surface area contributed by atoms with Crippen LogP contribution in [0, 0.1) is 0 Å². The first-order valence-corrected chi connectivity index (χ1v) is 37.4. The molecule has 0 saturated carbocycles. The van der Waals surface area contributed by atoms with Gasteiger partial charge in [0.2, 0.25) is 11.3 Å². The van der Waals surface area contributed by atoms with E-state index in [1.54, 1.807) is 15.4 Å². The number of anilines is 2. The van der Waals surface area contributed by atoms with Crippen LogP contribution in [-0.4, -0.2) is 182 Å². The van der Waals surface area contributed by atoms with E-state index in [1.165, 1.54) is 56.7 Å². The van der Waals surface area contributed by atoms with Gasteiger partial charge in [0.15, 0.2) is 5.82 Å². The molecule has 32 heteroatoms. The number of aryl methyl sites for hydroxylation is 2. The SMILES string of the molecule is CC(C)(C)SSC(CNC(=O)CCOCCOCCOCCOCCNCc1ccc(C2=c3cc4c5c(c3Oc3c2cc2c6c3CCCN6CCC2)CCC[N+]=5CCC4)c(C(=O)O)c1)OC1C[C@H](n2cnc3c(N)ncnc32)O[C@@H]1COP(O)OP(O)O[PH](O)(O)O. The van der Waals surface area contributed by atoms with Crippen LogP contribution in [0.25, 0.3) is 16.7 Å². The predicted molar refractivity (Wildman–Crippen MR) is 350 cm³/mol. The molecular weight excluding hydrogens is 1290 g/mol. The zero-order valence-electron chi connectivity index (χ0n) is 51.8. The Morgan fingerprint density at radius 2 is 1.58 bits per heavy atom. The van der Waals surface area contributed by atoms with E-state index in [4.69, 9.17) is 62.4 Å². The van der Waals surface area contributed by atoms with Gasteiger partial charge in [-0.2, -0.15) is 0 Å². The number of carboxylic acid groups (broad SMARTS) is 1. The minimum absolute atomic E-state index is 0.0816. The van der Waals surface area contributed by atoms with E-state index in [-0.39, 0.29) is 61.2 Å². The average Bonchev–Trinajstić information content (AvgIpc) is 0.861. The quantitative estimate of drug-likeness (QED) is 0.00864. The third-order valence-electron chi connectivity index (χ3n) is 16.4. The van der Waals surface area contributed by atoms with Crippen LogP contribution >= 0.6 is 47.0 Å². The van der Waals surface area contributed by atoms with Crippen LogP contribution in [0.1, 0.15) is 115 Å². The fourth-order valence-corrected chi connectivity index (χ4v) is 17.1. The maximum atomic E-state index is 13.3. The summed E-state index contributed by atoms with van der Waals surface area (Å²) < 4.78 is 61.4. The van der Waals surface area contributed by atoms with Crippen molar-refractivity contribution in [1.29, 1.82) is 0 Å². The molecule has 1 amide bonds. The maximum absolute atomic E-state index is 13.3. The molecule has 10 N–H and O–H groups in total. The van der Waals surface area contributed by atoms with Gasteiger partial charge < -0.3 is 44.7 Å². The summed E-state index contributed by atoms with van der Waals surface area (Å²) in [5, 5.41) is 19.6. The van der Waals surface area contributed by atoms with Crippen molar-refractivity contribution in [3.63, 3.8) is 0 Å². The van der Waals surface area contributed by atoms with Crippen LogP contribution in [0.5, 0.6) is 11.5 Å². The minimum atomic E-state index is -5.16. The molecule has 0 radical (unpaired) electrons. The van der Waals surface area contributed by atoms with Gasteiger partial charge in [-0.1, -0.05) is 32.9 Å². The molecule has 1 fully saturated rings. The monoisotopic (exact) mass is 1370 g/mol. The van der Waals surface area contributed by atoms with Gasteiger partial charge in [-0.25, -0.2) is 14.4 Å². The van der Waals surface area contributed by atoms with Gasteiger partial charge >= 0.3 is 181 Å².